The number of benzene rings is 1. The summed E-state index contributed by atoms with van der Waals surface area (Å²) < 4.78 is 0. The van der Waals surface area contributed by atoms with Gasteiger partial charge in [0.2, 0.25) is 5.91 Å². The van der Waals surface area contributed by atoms with Crippen molar-refractivity contribution in [3.63, 3.8) is 0 Å². The van der Waals surface area contributed by atoms with E-state index in [0.717, 1.165) is 11.1 Å². The van der Waals surface area contributed by atoms with Crippen LogP contribution in [0.5, 0.6) is 0 Å². The normalized spacial score (nSPS) is 12.3. The Bertz CT molecular complexity index is 522. The van der Waals surface area contributed by atoms with Gasteiger partial charge in [0.1, 0.15) is 6.04 Å². The third kappa shape index (κ3) is 3.18. The van der Waals surface area contributed by atoms with Crippen molar-refractivity contribution in [2.24, 2.45) is 5.73 Å². The summed E-state index contributed by atoms with van der Waals surface area (Å²) in [6.45, 7) is 2.65. The molecule has 1 atom stereocenters. The van der Waals surface area contributed by atoms with E-state index in [1.807, 2.05) is 48.7 Å². The monoisotopic (exact) mass is 260 g/mol. The minimum Gasteiger partial charge on any atom is -0.368 e. The third-order valence-electron chi connectivity index (χ3n) is 2.72. The number of thiophene rings is 1. The second kappa shape index (κ2) is 5.80. The summed E-state index contributed by atoms with van der Waals surface area (Å²) in [5.74, 6) is -0.350. The van der Waals surface area contributed by atoms with Gasteiger partial charge < -0.3 is 5.73 Å². The van der Waals surface area contributed by atoms with Crippen molar-refractivity contribution in [1.82, 2.24) is 5.32 Å². The fourth-order valence-corrected chi connectivity index (χ4v) is 2.50. The van der Waals surface area contributed by atoms with Crippen LogP contribution in [0.15, 0.2) is 41.8 Å². The van der Waals surface area contributed by atoms with Crippen LogP contribution in [-0.2, 0) is 11.3 Å². The molecule has 1 heterocycles. The van der Waals surface area contributed by atoms with Crippen LogP contribution in [-0.4, -0.2) is 5.91 Å². The van der Waals surface area contributed by atoms with E-state index >= 15 is 0 Å². The van der Waals surface area contributed by atoms with Crippen molar-refractivity contribution < 1.29 is 4.79 Å². The van der Waals surface area contributed by atoms with Gasteiger partial charge in [0.15, 0.2) is 0 Å². The van der Waals surface area contributed by atoms with Gasteiger partial charge in [-0.05, 0) is 23.9 Å². The van der Waals surface area contributed by atoms with E-state index in [-0.39, 0.29) is 5.91 Å². The molecular formula is C14H16N2OS. The smallest absolute Gasteiger partial charge is 0.239 e. The van der Waals surface area contributed by atoms with E-state index in [1.54, 1.807) is 11.3 Å². The van der Waals surface area contributed by atoms with Gasteiger partial charge in [-0.15, -0.1) is 11.3 Å². The molecule has 3 N–H and O–H groups in total. The Kier molecular flexibility index (Phi) is 4.12. The highest BCUT2D eigenvalue weighted by molar-refractivity contribution is 7.09. The fraction of sp³-hybridized carbons (Fsp3) is 0.214. The lowest BCUT2D eigenvalue weighted by Crippen LogP contribution is -2.33. The van der Waals surface area contributed by atoms with Crippen LogP contribution in [0.2, 0.25) is 0 Å². The third-order valence-corrected chi connectivity index (χ3v) is 3.60. The van der Waals surface area contributed by atoms with Crippen LogP contribution < -0.4 is 11.1 Å². The Balaban J connectivity index is 2.11. The molecule has 0 radical (unpaired) electrons. The van der Waals surface area contributed by atoms with Crippen LogP contribution in [0, 0.1) is 6.92 Å². The number of hydrogen-bond donors (Lipinski definition) is 2. The maximum absolute atomic E-state index is 11.5. The lowest BCUT2D eigenvalue weighted by atomic mass is 10.0. The predicted octanol–water partition coefficient (Wildman–Crippen LogP) is 2.37. The molecule has 2 aromatic rings. The molecule has 1 amide bonds. The van der Waals surface area contributed by atoms with Crippen LogP contribution in [0.4, 0.5) is 0 Å². The molecule has 0 bridgehead atoms. The van der Waals surface area contributed by atoms with Crippen molar-refractivity contribution in [2.45, 2.75) is 19.5 Å². The number of aryl methyl sites for hydroxylation is 1. The summed E-state index contributed by atoms with van der Waals surface area (Å²) in [7, 11) is 0. The lowest BCUT2D eigenvalue weighted by molar-refractivity contribution is -0.120. The van der Waals surface area contributed by atoms with E-state index in [9.17, 15) is 4.79 Å². The molecule has 0 aliphatic carbocycles. The highest BCUT2D eigenvalue weighted by atomic mass is 32.1. The molecule has 0 saturated carbocycles. The molecule has 0 fully saturated rings. The quantitative estimate of drug-likeness (QED) is 0.867. The summed E-state index contributed by atoms with van der Waals surface area (Å²) in [5, 5.41) is 5.22. The van der Waals surface area contributed by atoms with Crippen LogP contribution in [0.3, 0.4) is 0 Å². The summed E-state index contributed by atoms with van der Waals surface area (Å²) in [4.78, 5) is 12.7. The van der Waals surface area contributed by atoms with Gasteiger partial charge in [-0.1, -0.05) is 35.9 Å². The zero-order valence-corrected chi connectivity index (χ0v) is 11.0. The average Bonchev–Trinajstić information content (AvgIpc) is 2.82. The number of nitrogens with two attached hydrogens (primary N) is 1. The first kappa shape index (κ1) is 12.8. The van der Waals surface area contributed by atoms with Gasteiger partial charge in [-0.25, -0.2) is 0 Å². The van der Waals surface area contributed by atoms with Gasteiger partial charge >= 0.3 is 0 Å². The maximum atomic E-state index is 11.5. The zero-order chi connectivity index (χ0) is 13.0. The molecule has 94 valence electrons. The maximum Gasteiger partial charge on any atom is 0.239 e. The molecule has 1 unspecified atom stereocenters. The van der Waals surface area contributed by atoms with E-state index in [0.29, 0.717) is 6.54 Å². The molecule has 1 aromatic carbocycles. The summed E-state index contributed by atoms with van der Waals surface area (Å²) >= 11 is 1.66. The standard InChI is InChI=1S/C14H16N2OS/c1-10-4-2-5-11(8-10)13(14(15)17)16-9-12-6-3-7-18-12/h2-8,13,16H,9H2,1H3,(H2,15,17). The van der Waals surface area contributed by atoms with Crippen LogP contribution >= 0.6 is 11.3 Å². The highest BCUT2D eigenvalue weighted by Crippen LogP contribution is 2.16. The predicted molar refractivity (Wildman–Crippen MR) is 74.3 cm³/mol. The number of hydrogen-bond acceptors (Lipinski definition) is 3. The lowest BCUT2D eigenvalue weighted by Gasteiger charge is -2.15. The fourth-order valence-electron chi connectivity index (χ4n) is 1.85. The first-order valence-electron chi connectivity index (χ1n) is 5.78. The Hall–Kier alpha value is -1.65. The largest absolute Gasteiger partial charge is 0.368 e. The second-order valence-corrected chi connectivity index (χ2v) is 5.24. The van der Waals surface area contributed by atoms with Crippen molar-refractivity contribution in [3.05, 3.63) is 57.8 Å². The van der Waals surface area contributed by atoms with Gasteiger partial charge in [0.25, 0.3) is 0 Å². The molecule has 1 aromatic heterocycles. The second-order valence-electron chi connectivity index (χ2n) is 4.21. The van der Waals surface area contributed by atoms with Crippen molar-refractivity contribution in [1.29, 1.82) is 0 Å². The Labute approximate surface area is 111 Å². The number of rotatable bonds is 5. The van der Waals surface area contributed by atoms with Crippen molar-refractivity contribution in [3.8, 4) is 0 Å². The number of primary amides is 1. The van der Waals surface area contributed by atoms with Crippen molar-refractivity contribution in [2.75, 3.05) is 0 Å². The number of carbonyl (C=O) groups is 1. The van der Waals surface area contributed by atoms with E-state index < -0.39 is 6.04 Å². The Morgan fingerprint density at radius 3 is 2.83 bits per heavy atom. The van der Waals surface area contributed by atoms with Crippen molar-refractivity contribution >= 4 is 17.2 Å². The number of carbonyl (C=O) groups excluding carboxylic acids is 1. The molecule has 2 rings (SSSR count). The van der Waals surface area contributed by atoms with Crippen LogP contribution in [0.25, 0.3) is 0 Å². The average molecular weight is 260 g/mol. The van der Waals surface area contributed by atoms with Gasteiger partial charge in [0.05, 0.1) is 0 Å². The van der Waals surface area contributed by atoms with Gasteiger partial charge in [-0.2, -0.15) is 0 Å². The SMILES string of the molecule is Cc1cccc(C(NCc2cccs2)C(N)=O)c1. The van der Waals surface area contributed by atoms with E-state index in [4.69, 9.17) is 5.73 Å². The molecule has 0 aliphatic heterocycles. The topological polar surface area (TPSA) is 55.1 Å². The first-order chi connectivity index (χ1) is 8.66. The molecular weight excluding hydrogens is 244 g/mol. The molecule has 0 spiro atoms. The highest BCUT2D eigenvalue weighted by Gasteiger charge is 2.17. The molecule has 3 nitrogen and oxygen atoms in total. The molecule has 0 aliphatic rings. The minimum atomic E-state index is -0.438. The summed E-state index contributed by atoms with van der Waals surface area (Å²) in [6, 6.07) is 11.4. The van der Waals surface area contributed by atoms with Gasteiger partial charge in [0, 0.05) is 11.4 Å². The zero-order valence-electron chi connectivity index (χ0n) is 10.2. The number of amides is 1. The van der Waals surface area contributed by atoms with Gasteiger partial charge in [-0.3, -0.25) is 10.1 Å². The minimum absolute atomic E-state index is 0.350. The summed E-state index contributed by atoms with van der Waals surface area (Å²) in [6.07, 6.45) is 0. The summed E-state index contributed by atoms with van der Waals surface area (Å²) in [5.41, 5.74) is 7.50. The first-order valence-corrected chi connectivity index (χ1v) is 6.66. The molecule has 4 heteroatoms. The Morgan fingerprint density at radius 1 is 1.39 bits per heavy atom. The van der Waals surface area contributed by atoms with E-state index in [1.165, 1.54) is 4.88 Å². The van der Waals surface area contributed by atoms with Crippen LogP contribution in [0.1, 0.15) is 22.0 Å². The molecule has 0 saturated heterocycles. The molecule has 18 heavy (non-hydrogen) atoms. The Morgan fingerprint density at radius 2 is 2.22 bits per heavy atom. The van der Waals surface area contributed by atoms with E-state index in [2.05, 4.69) is 5.32 Å². The number of nitrogens with one attached hydrogen (secondary N) is 1.